The maximum Gasteiger partial charge on any atom is 0.407 e. The second-order valence-corrected chi connectivity index (χ2v) is 16.7. The Bertz CT molecular complexity index is 1720. The van der Waals surface area contributed by atoms with Crippen molar-refractivity contribution in [1.82, 2.24) is 30.2 Å². The van der Waals surface area contributed by atoms with Crippen molar-refractivity contribution in [2.75, 3.05) is 91.6 Å². The molecule has 4 rings (SSSR count). The number of esters is 3. The SMILES string of the molecule is CC(C)(C)OC(=O)NCCCCCCNC(=O)CN1CCN(CC(=O)OCc2ccccc2)CCN(CC(=O)OCc2ccccc2)CCN(CC(=O)OCc2ccccc2)CC1. The Hall–Kier alpha value is -5.35. The van der Waals surface area contributed by atoms with Gasteiger partial charge in [-0.2, -0.15) is 0 Å². The Labute approximate surface area is 373 Å². The standard InChI is InChI=1S/C48H68N6O9/c1-48(2,3)63-47(59)50-24-16-5-4-15-23-49-43(55)33-51-25-27-52(34-44(56)60-37-40-17-9-6-10-18-40)29-31-54(36-46(58)62-39-42-21-13-8-14-22-42)32-30-53(28-26-51)35-45(57)61-38-41-19-11-7-12-20-41/h6-14,17-22H,4-5,15-16,23-39H2,1-3H3,(H,49,55)(H,50,59). The predicted molar refractivity (Wildman–Crippen MR) is 240 cm³/mol. The second-order valence-electron chi connectivity index (χ2n) is 16.7. The number of alkyl carbamates (subject to hydrolysis) is 1. The topological polar surface area (TPSA) is 159 Å². The Morgan fingerprint density at radius 2 is 0.778 bits per heavy atom. The van der Waals surface area contributed by atoms with Gasteiger partial charge in [0, 0.05) is 65.4 Å². The highest BCUT2D eigenvalue weighted by Crippen LogP contribution is 2.09. The molecule has 1 aliphatic rings. The number of rotatable bonds is 21. The number of hydrogen-bond donors (Lipinski definition) is 2. The minimum Gasteiger partial charge on any atom is -0.460 e. The summed E-state index contributed by atoms with van der Waals surface area (Å²) >= 11 is 0. The van der Waals surface area contributed by atoms with Crippen LogP contribution in [-0.2, 0) is 57.9 Å². The van der Waals surface area contributed by atoms with Crippen molar-refractivity contribution in [1.29, 1.82) is 0 Å². The summed E-state index contributed by atoms with van der Waals surface area (Å²) < 4.78 is 22.2. The van der Waals surface area contributed by atoms with E-state index in [2.05, 4.69) is 10.6 Å². The van der Waals surface area contributed by atoms with Gasteiger partial charge in [-0.15, -0.1) is 0 Å². The minimum atomic E-state index is -0.540. The number of carbonyl (C=O) groups is 5. The Kier molecular flexibility index (Phi) is 22.6. The van der Waals surface area contributed by atoms with Gasteiger partial charge in [-0.05, 0) is 50.3 Å². The Morgan fingerprint density at radius 1 is 0.460 bits per heavy atom. The zero-order valence-electron chi connectivity index (χ0n) is 37.5. The molecule has 1 fully saturated rings. The first kappa shape index (κ1) is 50.3. The van der Waals surface area contributed by atoms with Crippen LogP contribution < -0.4 is 10.6 Å². The van der Waals surface area contributed by atoms with Crippen LogP contribution in [0.15, 0.2) is 91.0 Å². The number of ether oxygens (including phenoxy) is 4. The van der Waals surface area contributed by atoms with Gasteiger partial charge in [-0.25, -0.2) is 4.79 Å². The molecule has 0 unspecified atom stereocenters. The third-order valence-electron chi connectivity index (χ3n) is 10.2. The summed E-state index contributed by atoms with van der Waals surface area (Å²) in [6, 6.07) is 28.5. The maximum atomic E-state index is 13.3. The van der Waals surface area contributed by atoms with Crippen molar-refractivity contribution in [2.24, 2.45) is 0 Å². The normalized spacial score (nSPS) is 15.0. The highest BCUT2D eigenvalue weighted by atomic mass is 16.6. The lowest BCUT2D eigenvalue weighted by Crippen LogP contribution is -2.50. The molecule has 0 radical (unpaired) electrons. The lowest BCUT2D eigenvalue weighted by Gasteiger charge is -2.33. The number of nitrogens with zero attached hydrogens (tertiary/aromatic N) is 4. The number of benzene rings is 3. The molecular weight excluding hydrogens is 805 g/mol. The van der Waals surface area contributed by atoms with Crippen LogP contribution in [0.2, 0.25) is 0 Å². The summed E-state index contributed by atoms with van der Waals surface area (Å²) in [4.78, 5) is 72.8. The third kappa shape index (κ3) is 23.1. The lowest BCUT2D eigenvalue weighted by molar-refractivity contribution is -0.148. The van der Waals surface area contributed by atoms with Gasteiger partial charge in [0.1, 0.15) is 25.4 Å². The van der Waals surface area contributed by atoms with Gasteiger partial charge in [0.05, 0.1) is 26.2 Å². The smallest absolute Gasteiger partial charge is 0.407 e. The van der Waals surface area contributed by atoms with Crippen LogP contribution in [0, 0.1) is 0 Å². The molecule has 3 aromatic rings. The summed E-state index contributed by atoms with van der Waals surface area (Å²) in [5.41, 5.74) is 2.13. The predicted octanol–water partition coefficient (Wildman–Crippen LogP) is 4.64. The molecule has 0 saturated carbocycles. The van der Waals surface area contributed by atoms with Crippen molar-refractivity contribution in [2.45, 2.75) is 71.9 Å². The third-order valence-corrected chi connectivity index (χ3v) is 10.2. The molecule has 3 aromatic carbocycles. The van der Waals surface area contributed by atoms with Crippen LogP contribution in [0.5, 0.6) is 0 Å². The van der Waals surface area contributed by atoms with Gasteiger partial charge in [0.2, 0.25) is 5.91 Å². The van der Waals surface area contributed by atoms with E-state index in [0.717, 1.165) is 42.4 Å². The van der Waals surface area contributed by atoms with Crippen LogP contribution in [0.4, 0.5) is 4.79 Å². The average Bonchev–Trinajstić information content (AvgIpc) is 3.26. The van der Waals surface area contributed by atoms with Crippen molar-refractivity contribution in [3.8, 4) is 0 Å². The summed E-state index contributed by atoms with van der Waals surface area (Å²) in [6.45, 7) is 10.9. The zero-order valence-corrected chi connectivity index (χ0v) is 37.5. The van der Waals surface area contributed by atoms with Crippen molar-refractivity contribution in [3.05, 3.63) is 108 Å². The molecule has 1 aliphatic heterocycles. The molecule has 15 heteroatoms. The highest BCUT2D eigenvalue weighted by Gasteiger charge is 2.23. The molecule has 2 N–H and O–H groups in total. The number of carbonyl (C=O) groups excluding carboxylic acids is 5. The molecule has 0 bridgehead atoms. The van der Waals surface area contributed by atoms with Gasteiger partial charge in [0.25, 0.3) is 0 Å². The molecule has 0 atom stereocenters. The average molecular weight is 873 g/mol. The molecule has 15 nitrogen and oxygen atoms in total. The molecule has 0 aliphatic carbocycles. The van der Waals surface area contributed by atoms with Gasteiger partial charge >= 0.3 is 24.0 Å². The van der Waals surface area contributed by atoms with Crippen LogP contribution in [0.25, 0.3) is 0 Å². The highest BCUT2D eigenvalue weighted by molar-refractivity contribution is 5.78. The van der Waals surface area contributed by atoms with E-state index in [1.165, 1.54) is 0 Å². The molecule has 0 spiro atoms. The van der Waals surface area contributed by atoms with Gasteiger partial charge in [-0.1, -0.05) is 104 Å². The van der Waals surface area contributed by atoms with E-state index in [9.17, 15) is 24.0 Å². The maximum absolute atomic E-state index is 13.3. The fourth-order valence-electron chi connectivity index (χ4n) is 6.70. The van der Waals surface area contributed by atoms with E-state index in [-0.39, 0.29) is 69.8 Å². The molecule has 2 amide bonds. The summed E-state index contributed by atoms with van der Waals surface area (Å²) in [5, 5.41) is 5.83. The Morgan fingerprint density at radius 3 is 1.11 bits per heavy atom. The molecule has 1 heterocycles. The number of unbranched alkanes of at least 4 members (excludes halogenated alkanes) is 3. The van der Waals surface area contributed by atoms with E-state index >= 15 is 0 Å². The van der Waals surface area contributed by atoms with Crippen molar-refractivity contribution in [3.63, 3.8) is 0 Å². The largest absolute Gasteiger partial charge is 0.460 e. The van der Waals surface area contributed by atoms with Crippen LogP contribution in [0.3, 0.4) is 0 Å². The van der Waals surface area contributed by atoms with Crippen molar-refractivity contribution >= 4 is 29.9 Å². The zero-order chi connectivity index (χ0) is 45.1. The first-order valence-electron chi connectivity index (χ1n) is 22.1. The quantitative estimate of drug-likeness (QED) is 0.0868. The molecular formula is C48H68N6O9. The molecule has 1 saturated heterocycles. The summed E-state index contributed by atoms with van der Waals surface area (Å²) in [5.74, 6) is -1.23. The number of nitrogens with one attached hydrogen (secondary N) is 2. The first-order chi connectivity index (χ1) is 30.4. The van der Waals surface area contributed by atoms with Gasteiger partial charge < -0.3 is 29.6 Å². The monoisotopic (exact) mass is 873 g/mol. The van der Waals surface area contributed by atoms with Gasteiger partial charge in [0.15, 0.2) is 0 Å². The molecule has 0 aromatic heterocycles. The summed E-state index contributed by atoms with van der Waals surface area (Å²) in [7, 11) is 0. The number of hydrogen-bond acceptors (Lipinski definition) is 13. The molecule has 344 valence electrons. The van der Waals surface area contributed by atoms with Crippen LogP contribution >= 0.6 is 0 Å². The fourth-order valence-corrected chi connectivity index (χ4v) is 6.70. The second kappa shape index (κ2) is 28.4. The van der Waals surface area contributed by atoms with E-state index in [1.807, 2.05) is 131 Å². The Balaban J connectivity index is 1.38. The van der Waals surface area contributed by atoms with Gasteiger partial charge in [-0.3, -0.25) is 38.8 Å². The van der Waals surface area contributed by atoms with E-state index < -0.39 is 11.7 Å². The van der Waals surface area contributed by atoms with Crippen molar-refractivity contribution < 1.29 is 42.9 Å². The van der Waals surface area contributed by atoms with E-state index in [4.69, 9.17) is 18.9 Å². The fraction of sp³-hybridized carbons (Fsp3) is 0.521. The summed E-state index contributed by atoms with van der Waals surface area (Å²) in [6.07, 6.45) is 2.98. The van der Waals surface area contributed by atoms with Crippen LogP contribution in [0.1, 0.15) is 63.1 Å². The molecule has 63 heavy (non-hydrogen) atoms. The van der Waals surface area contributed by atoms with E-state index in [1.54, 1.807) is 0 Å². The van der Waals surface area contributed by atoms with Crippen LogP contribution in [-0.4, -0.2) is 147 Å². The number of amides is 2. The minimum absolute atomic E-state index is 0.0285. The lowest BCUT2D eigenvalue weighted by atomic mass is 10.2. The van der Waals surface area contributed by atoms with E-state index in [0.29, 0.717) is 65.4 Å². The first-order valence-corrected chi connectivity index (χ1v) is 22.1.